The van der Waals surface area contributed by atoms with Crippen LogP contribution in [-0.4, -0.2) is 56.7 Å². The third kappa shape index (κ3) is 4.81. The fraction of sp³-hybridized carbons (Fsp3) is 0.632. The molecule has 0 saturated carbocycles. The fourth-order valence-corrected chi connectivity index (χ4v) is 4.03. The third-order valence-corrected chi connectivity index (χ3v) is 5.79. The number of carbonyl (C=O) groups excluding carboxylic acids is 1. The van der Waals surface area contributed by atoms with E-state index in [9.17, 15) is 4.79 Å². The molecule has 1 amide bonds. The highest BCUT2D eigenvalue weighted by atomic mass is 35.5. The zero-order valence-electron chi connectivity index (χ0n) is 15.4. The summed E-state index contributed by atoms with van der Waals surface area (Å²) in [5, 5.41) is 6.91. The maximum absolute atomic E-state index is 12.6. The molecule has 0 unspecified atom stereocenters. The van der Waals surface area contributed by atoms with E-state index >= 15 is 0 Å². The Hall–Kier alpha value is -1.50. The Morgan fingerprint density at radius 3 is 2.65 bits per heavy atom. The minimum absolute atomic E-state index is 0.152. The molecule has 2 saturated heterocycles. The molecule has 6 nitrogen and oxygen atoms in total. The van der Waals surface area contributed by atoms with Gasteiger partial charge in [-0.3, -0.25) is 4.79 Å². The van der Waals surface area contributed by atoms with E-state index in [0.29, 0.717) is 22.0 Å². The SMILES string of the molecule is COc1cc(N)c(Cl)cc1C(=O)NC1CCN(CC2CCNCC2)CC1. The number of carbonyl (C=O) groups is 1. The van der Waals surface area contributed by atoms with Crippen LogP contribution in [-0.2, 0) is 0 Å². The van der Waals surface area contributed by atoms with Crippen LogP contribution in [0.1, 0.15) is 36.0 Å². The summed E-state index contributed by atoms with van der Waals surface area (Å²) in [6, 6.07) is 3.36. The first-order chi connectivity index (χ1) is 12.6. The van der Waals surface area contributed by atoms with E-state index < -0.39 is 0 Å². The number of nitrogens with one attached hydrogen (secondary N) is 2. The lowest BCUT2D eigenvalue weighted by atomic mass is 9.95. The van der Waals surface area contributed by atoms with Crippen LogP contribution >= 0.6 is 11.6 Å². The van der Waals surface area contributed by atoms with E-state index in [0.717, 1.165) is 44.9 Å². The number of nitrogens with zero attached hydrogens (tertiary/aromatic N) is 1. The number of methoxy groups -OCH3 is 1. The molecular formula is C19H29ClN4O2. The summed E-state index contributed by atoms with van der Waals surface area (Å²) in [6.07, 6.45) is 4.49. The standard InChI is InChI=1S/C19H29ClN4O2/c1-26-18-11-17(21)16(20)10-15(18)19(25)23-14-4-8-24(9-5-14)12-13-2-6-22-7-3-13/h10-11,13-14,22H,2-9,12,21H2,1H3,(H,23,25). The number of ether oxygens (including phenoxy) is 1. The summed E-state index contributed by atoms with van der Waals surface area (Å²) >= 11 is 6.07. The van der Waals surface area contributed by atoms with Crippen LogP contribution in [0.2, 0.25) is 5.02 Å². The molecule has 0 atom stereocenters. The van der Waals surface area contributed by atoms with Gasteiger partial charge in [0.25, 0.3) is 5.91 Å². The number of piperidine rings is 2. The highest BCUT2D eigenvalue weighted by Gasteiger charge is 2.25. The molecule has 0 bridgehead atoms. The van der Waals surface area contributed by atoms with Crippen molar-refractivity contribution in [3.8, 4) is 5.75 Å². The molecular weight excluding hydrogens is 352 g/mol. The average Bonchev–Trinajstić information content (AvgIpc) is 2.66. The minimum atomic E-state index is -0.152. The lowest BCUT2D eigenvalue weighted by molar-refractivity contribution is 0.0899. The Morgan fingerprint density at radius 2 is 2.00 bits per heavy atom. The number of halogens is 1. The summed E-state index contributed by atoms with van der Waals surface area (Å²) in [6.45, 7) is 5.54. The van der Waals surface area contributed by atoms with Crippen molar-refractivity contribution in [2.45, 2.75) is 31.7 Å². The molecule has 7 heteroatoms. The van der Waals surface area contributed by atoms with Crippen LogP contribution in [0, 0.1) is 5.92 Å². The molecule has 2 heterocycles. The summed E-state index contributed by atoms with van der Waals surface area (Å²) < 4.78 is 5.28. The second-order valence-corrected chi connectivity index (χ2v) is 7.72. The lowest BCUT2D eigenvalue weighted by Crippen LogP contribution is -2.46. The molecule has 144 valence electrons. The highest BCUT2D eigenvalue weighted by molar-refractivity contribution is 6.33. The van der Waals surface area contributed by atoms with Crippen LogP contribution in [0.3, 0.4) is 0 Å². The molecule has 1 aromatic carbocycles. The number of nitrogens with two attached hydrogens (primary N) is 1. The molecule has 0 aromatic heterocycles. The van der Waals surface area contributed by atoms with E-state index in [1.807, 2.05) is 0 Å². The van der Waals surface area contributed by atoms with Crippen molar-refractivity contribution in [2.75, 3.05) is 45.6 Å². The summed E-state index contributed by atoms with van der Waals surface area (Å²) in [7, 11) is 1.53. The molecule has 2 aliphatic rings. The van der Waals surface area contributed by atoms with E-state index in [2.05, 4.69) is 15.5 Å². The second-order valence-electron chi connectivity index (χ2n) is 7.32. The number of likely N-dealkylation sites (tertiary alicyclic amines) is 1. The number of hydrogen-bond donors (Lipinski definition) is 3. The Morgan fingerprint density at radius 1 is 1.31 bits per heavy atom. The summed E-state index contributed by atoms with van der Waals surface area (Å²) in [5.74, 6) is 1.11. The predicted molar refractivity (Wildman–Crippen MR) is 105 cm³/mol. The van der Waals surface area contributed by atoms with Crippen LogP contribution in [0.15, 0.2) is 12.1 Å². The van der Waals surface area contributed by atoms with Gasteiger partial charge in [0.1, 0.15) is 5.75 Å². The van der Waals surface area contributed by atoms with Gasteiger partial charge in [-0.1, -0.05) is 11.6 Å². The van der Waals surface area contributed by atoms with Crippen molar-refractivity contribution in [3.63, 3.8) is 0 Å². The van der Waals surface area contributed by atoms with E-state index in [4.69, 9.17) is 22.1 Å². The summed E-state index contributed by atoms with van der Waals surface area (Å²) in [5.41, 5.74) is 6.63. The Balaban J connectivity index is 1.51. The van der Waals surface area contributed by atoms with Gasteiger partial charge in [0.05, 0.1) is 23.4 Å². The van der Waals surface area contributed by atoms with E-state index in [1.165, 1.54) is 26.5 Å². The van der Waals surface area contributed by atoms with Gasteiger partial charge in [-0.05, 0) is 50.8 Å². The summed E-state index contributed by atoms with van der Waals surface area (Å²) in [4.78, 5) is 15.2. The lowest BCUT2D eigenvalue weighted by Gasteiger charge is -2.35. The number of nitrogen functional groups attached to an aromatic ring is 1. The van der Waals surface area contributed by atoms with Gasteiger partial charge in [-0.15, -0.1) is 0 Å². The van der Waals surface area contributed by atoms with Crippen LogP contribution in [0.25, 0.3) is 0 Å². The molecule has 2 fully saturated rings. The molecule has 2 aliphatic heterocycles. The van der Waals surface area contributed by atoms with Gasteiger partial charge in [0.2, 0.25) is 0 Å². The van der Waals surface area contributed by atoms with Crippen LogP contribution in [0.4, 0.5) is 5.69 Å². The predicted octanol–water partition coefficient (Wildman–Crippen LogP) is 2.12. The third-order valence-electron chi connectivity index (χ3n) is 5.46. The number of anilines is 1. The second kappa shape index (κ2) is 8.93. The molecule has 3 rings (SSSR count). The van der Waals surface area contributed by atoms with E-state index in [1.54, 1.807) is 12.1 Å². The largest absolute Gasteiger partial charge is 0.496 e. The topological polar surface area (TPSA) is 79.6 Å². The number of benzene rings is 1. The molecule has 26 heavy (non-hydrogen) atoms. The average molecular weight is 381 g/mol. The Bertz CT molecular complexity index is 626. The normalized spacial score (nSPS) is 20.1. The first-order valence-electron chi connectivity index (χ1n) is 9.43. The van der Waals surface area contributed by atoms with Gasteiger partial charge in [-0.25, -0.2) is 0 Å². The van der Waals surface area contributed by atoms with Crippen molar-refractivity contribution in [1.82, 2.24) is 15.5 Å². The monoisotopic (exact) mass is 380 g/mol. The van der Waals surface area contributed by atoms with Crippen LogP contribution in [0.5, 0.6) is 5.75 Å². The van der Waals surface area contributed by atoms with Gasteiger partial charge in [0.15, 0.2) is 0 Å². The molecule has 0 radical (unpaired) electrons. The van der Waals surface area contributed by atoms with Crippen molar-refractivity contribution in [2.24, 2.45) is 5.92 Å². The van der Waals surface area contributed by atoms with Gasteiger partial charge in [-0.2, -0.15) is 0 Å². The van der Waals surface area contributed by atoms with E-state index in [-0.39, 0.29) is 11.9 Å². The zero-order valence-corrected chi connectivity index (χ0v) is 16.1. The Kier molecular flexibility index (Phi) is 6.62. The highest BCUT2D eigenvalue weighted by Crippen LogP contribution is 2.29. The first-order valence-corrected chi connectivity index (χ1v) is 9.81. The number of amides is 1. The smallest absolute Gasteiger partial charge is 0.255 e. The first kappa shape index (κ1) is 19.3. The number of rotatable bonds is 5. The van der Waals surface area contributed by atoms with Gasteiger partial charge < -0.3 is 26.0 Å². The van der Waals surface area contributed by atoms with Crippen molar-refractivity contribution in [1.29, 1.82) is 0 Å². The minimum Gasteiger partial charge on any atom is -0.496 e. The van der Waals surface area contributed by atoms with Crippen molar-refractivity contribution < 1.29 is 9.53 Å². The maximum atomic E-state index is 12.6. The molecule has 1 aromatic rings. The van der Waals surface area contributed by atoms with Crippen LogP contribution < -0.4 is 21.1 Å². The Labute approximate surface area is 160 Å². The molecule has 0 spiro atoms. The quantitative estimate of drug-likeness (QED) is 0.682. The van der Waals surface area contributed by atoms with Crippen molar-refractivity contribution in [3.05, 3.63) is 22.7 Å². The maximum Gasteiger partial charge on any atom is 0.255 e. The van der Waals surface area contributed by atoms with Gasteiger partial charge in [0, 0.05) is 31.7 Å². The molecule has 4 N–H and O–H groups in total. The van der Waals surface area contributed by atoms with Crippen molar-refractivity contribution >= 4 is 23.2 Å². The number of hydrogen-bond acceptors (Lipinski definition) is 5. The zero-order chi connectivity index (χ0) is 18.5. The van der Waals surface area contributed by atoms with Gasteiger partial charge >= 0.3 is 0 Å². The molecule has 0 aliphatic carbocycles. The fourth-order valence-electron chi connectivity index (χ4n) is 3.87.